The van der Waals surface area contributed by atoms with Gasteiger partial charge in [0.1, 0.15) is 0 Å². The van der Waals surface area contributed by atoms with Gasteiger partial charge in [0.15, 0.2) is 0 Å². The average Bonchev–Trinajstić information content (AvgIpc) is 2.46. The second kappa shape index (κ2) is 6.18. The van der Waals surface area contributed by atoms with E-state index < -0.39 is 10.0 Å². The van der Waals surface area contributed by atoms with Crippen LogP contribution in [0.2, 0.25) is 0 Å². The Labute approximate surface area is 126 Å². The molecule has 0 radical (unpaired) electrons. The van der Waals surface area contributed by atoms with Crippen molar-refractivity contribution in [1.29, 1.82) is 5.26 Å². The lowest BCUT2D eigenvalue weighted by molar-refractivity contribution is 0.581. The molecule has 0 unspecified atom stereocenters. The first kappa shape index (κ1) is 14.7. The van der Waals surface area contributed by atoms with Crippen LogP contribution in [0, 0.1) is 11.3 Å². The summed E-state index contributed by atoms with van der Waals surface area (Å²) in [5.41, 5.74) is 1.15. The highest BCUT2D eigenvalue weighted by molar-refractivity contribution is 9.10. The summed E-state index contributed by atoms with van der Waals surface area (Å²) >= 11 is 3.37. The van der Waals surface area contributed by atoms with Crippen LogP contribution in [-0.4, -0.2) is 8.42 Å². The number of nitrogens with one attached hydrogen (secondary N) is 1. The van der Waals surface area contributed by atoms with Crippen molar-refractivity contribution in [2.75, 3.05) is 0 Å². The van der Waals surface area contributed by atoms with Crippen molar-refractivity contribution in [2.24, 2.45) is 0 Å². The molecule has 2 aromatic carbocycles. The lowest BCUT2D eigenvalue weighted by atomic mass is 10.2. The van der Waals surface area contributed by atoms with E-state index in [0.717, 1.165) is 10.0 Å². The standard InChI is InChI=1S/C14H11BrN2O2S/c15-14-7-2-1-5-12(14)10-17-20(18,19)13-6-3-4-11(8-13)9-16/h1-8,17H,10H2. The molecular formula is C14H11BrN2O2S. The Morgan fingerprint density at radius 1 is 1.15 bits per heavy atom. The van der Waals surface area contributed by atoms with E-state index in [0.29, 0.717) is 5.56 Å². The Morgan fingerprint density at radius 2 is 1.90 bits per heavy atom. The first-order valence-electron chi connectivity index (χ1n) is 5.76. The van der Waals surface area contributed by atoms with Crippen LogP contribution in [-0.2, 0) is 16.6 Å². The Bertz CT molecular complexity index is 767. The van der Waals surface area contributed by atoms with E-state index in [2.05, 4.69) is 20.7 Å². The quantitative estimate of drug-likeness (QED) is 0.921. The minimum absolute atomic E-state index is 0.0867. The van der Waals surface area contributed by atoms with Gasteiger partial charge in [-0.2, -0.15) is 5.26 Å². The molecule has 0 aliphatic heterocycles. The molecule has 0 saturated carbocycles. The van der Waals surface area contributed by atoms with Crippen molar-refractivity contribution < 1.29 is 8.42 Å². The zero-order valence-electron chi connectivity index (χ0n) is 10.4. The Kier molecular flexibility index (Phi) is 4.55. The van der Waals surface area contributed by atoms with Crippen LogP contribution in [0.15, 0.2) is 57.9 Å². The second-order valence-corrected chi connectivity index (χ2v) is 6.68. The fourth-order valence-corrected chi connectivity index (χ4v) is 3.11. The van der Waals surface area contributed by atoms with Gasteiger partial charge in [0.25, 0.3) is 0 Å². The maximum atomic E-state index is 12.1. The van der Waals surface area contributed by atoms with Crippen LogP contribution in [0.4, 0.5) is 0 Å². The molecule has 0 saturated heterocycles. The number of hydrogen-bond acceptors (Lipinski definition) is 3. The molecule has 1 N–H and O–H groups in total. The van der Waals surface area contributed by atoms with Crippen LogP contribution in [0.5, 0.6) is 0 Å². The summed E-state index contributed by atoms with van der Waals surface area (Å²) in [4.78, 5) is 0.0867. The Morgan fingerprint density at radius 3 is 2.60 bits per heavy atom. The Hall–Kier alpha value is -1.68. The van der Waals surface area contributed by atoms with Gasteiger partial charge in [0, 0.05) is 11.0 Å². The molecule has 0 aliphatic carbocycles. The molecule has 4 nitrogen and oxygen atoms in total. The van der Waals surface area contributed by atoms with Gasteiger partial charge in [-0.1, -0.05) is 40.2 Å². The summed E-state index contributed by atoms with van der Waals surface area (Å²) in [5.74, 6) is 0. The highest BCUT2D eigenvalue weighted by atomic mass is 79.9. The molecule has 20 heavy (non-hydrogen) atoms. The smallest absolute Gasteiger partial charge is 0.207 e. The minimum atomic E-state index is -3.63. The van der Waals surface area contributed by atoms with E-state index in [4.69, 9.17) is 5.26 Å². The molecule has 0 fully saturated rings. The maximum Gasteiger partial charge on any atom is 0.240 e. The summed E-state index contributed by atoms with van der Waals surface area (Å²) in [6.07, 6.45) is 0. The van der Waals surface area contributed by atoms with E-state index in [1.165, 1.54) is 12.1 Å². The van der Waals surface area contributed by atoms with Crippen LogP contribution >= 0.6 is 15.9 Å². The van der Waals surface area contributed by atoms with Gasteiger partial charge in [0.05, 0.1) is 16.5 Å². The van der Waals surface area contributed by atoms with Gasteiger partial charge in [-0.3, -0.25) is 0 Å². The van der Waals surface area contributed by atoms with Gasteiger partial charge in [0.2, 0.25) is 10.0 Å². The SMILES string of the molecule is N#Cc1cccc(S(=O)(=O)NCc2ccccc2Br)c1. The van der Waals surface area contributed by atoms with Gasteiger partial charge >= 0.3 is 0 Å². The molecular weight excluding hydrogens is 340 g/mol. The fourth-order valence-electron chi connectivity index (χ4n) is 1.63. The molecule has 0 atom stereocenters. The monoisotopic (exact) mass is 350 g/mol. The third-order valence-corrected chi connectivity index (χ3v) is 4.86. The van der Waals surface area contributed by atoms with Crippen molar-refractivity contribution in [3.63, 3.8) is 0 Å². The molecule has 0 aliphatic rings. The summed E-state index contributed by atoms with van der Waals surface area (Å²) in [6.45, 7) is 0.181. The summed E-state index contributed by atoms with van der Waals surface area (Å²) in [6, 6.07) is 15.2. The number of halogens is 1. The topological polar surface area (TPSA) is 70.0 Å². The maximum absolute atomic E-state index is 12.1. The van der Waals surface area contributed by atoms with Crippen molar-refractivity contribution in [2.45, 2.75) is 11.4 Å². The van der Waals surface area contributed by atoms with Crippen LogP contribution in [0.1, 0.15) is 11.1 Å². The summed E-state index contributed by atoms with van der Waals surface area (Å²) < 4.78 is 27.7. The highest BCUT2D eigenvalue weighted by Gasteiger charge is 2.14. The molecule has 0 bridgehead atoms. The minimum Gasteiger partial charge on any atom is -0.207 e. The fraction of sp³-hybridized carbons (Fsp3) is 0.0714. The van der Waals surface area contributed by atoms with Crippen LogP contribution in [0.25, 0.3) is 0 Å². The average molecular weight is 351 g/mol. The predicted octanol–water partition coefficient (Wildman–Crippen LogP) is 2.80. The molecule has 0 aromatic heterocycles. The molecule has 2 rings (SSSR count). The molecule has 0 amide bonds. The predicted molar refractivity (Wildman–Crippen MR) is 79.3 cm³/mol. The molecule has 2 aromatic rings. The van der Waals surface area contributed by atoms with Crippen LogP contribution < -0.4 is 4.72 Å². The molecule has 0 spiro atoms. The zero-order valence-corrected chi connectivity index (χ0v) is 12.8. The number of benzene rings is 2. The van der Waals surface area contributed by atoms with Gasteiger partial charge in [-0.05, 0) is 29.8 Å². The molecule has 6 heteroatoms. The third-order valence-electron chi connectivity index (χ3n) is 2.68. The Balaban J connectivity index is 2.20. The first-order chi connectivity index (χ1) is 9.53. The number of nitrogens with zero attached hydrogens (tertiary/aromatic N) is 1. The number of hydrogen-bond donors (Lipinski definition) is 1. The third kappa shape index (κ3) is 3.45. The van der Waals surface area contributed by atoms with E-state index >= 15 is 0 Å². The molecule has 0 heterocycles. The zero-order chi connectivity index (χ0) is 14.6. The van der Waals surface area contributed by atoms with Gasteiger partial charge in [-0.15, -0.1) is 0 Å². The van der Waals surface area contributed by atoms with E-state index in [9.17, 15) is 8.42 Å². The lowest BCUT2D eigenvalue weighted by Gasteiger charge is -2.08. The van der Waals surface area contributed by atoms with Crippen molar-refractivity contribution in [1.82, 2.24) is 4.72 Å². The van der Waals surface area contributed by atoms with E-state index in [1.807, 2.05) is 30.3 Å². The number of nitriles is 1. The highest BCUT2D eigenvalue weighted by Crippen LogP contribution is 2.17. The van der Waals surface area contributed by atoms with Crippen molar-refractivity contribution >= 4 is 26.0 Å². The van der Waals surface area contributed by atoms with Gasteiger partial charge in [-0.25, -0.2) is 13.1 Å². The van der Waals surface area contributed by atoms with Crippen molar-refractivity contribution in [3.8, 4) is 6.07 Å². The summed E-state index contributed by atoms with van der Waals surface area (Å²) in [7, 11) is -3.63. The second-order valence-electron chi connectivity index (χ2n) is 4.06. The van der Waals surface area contributed by atoms with Gasteiger partial charge < -0.3 is 0 Å². The normalized spacial score (nSPS) is 11.0. The molecule has 102 valence electrons. The summed E-state index contributed by atoms with van der Waals surface area (Å²) in [5, 5.41) is 8.80. The van der Waals surface area contributed by atoms with Crippen molar-refractivity contribution in [3.05, 3.63) is 64.1 Å². The van der Waals surface area contributed by atoms with Crippen LogP contribution in [0.3, 0.4) is 0 Å². The number of rotatable bonds is 4. The number of sulfonamides is 1. The first-order valence-corrected chi connectivity index (χ1v) is 8.04. The van der Waals surface area contributed by atoms with E-state index in [1.54, 1.807) is 12.1 Å². The largest absolute Gasteiger partial charge is 0.240 e. The van der Waals surface area contributed by atoms with E-state index in [-0.39, 0.29) is 11.4 Å². The lowest BCUT2D eigenvalue weighted by Crippen LogP contribution is -2.23.